The number of nitrogens with one attached hydrogen (secondary N) is 2. The molecule has 1 heterocycles. The van der Waals surface area contributed by atoms with Gasteiger partial charge in [0.1, 0.15) is 0 Å². The first-order valence-electron chi connectivity index (χ1n) is 6.01. The van der Waals surface area contributed by atoms with Crippen molar-refractivity contribution in [3.05, 3.63) is 29.8 Å². The molecule has 1 saturated heterocycles. The first kappa shape index (κ1) is 12.1. The molecule has 4 heteroatoms. The van der Waals surface area contributed by atoms with Gasteiger partial charge in [-0.25, -0.2) is 0 Å². The lowest BCUT2D eigenvalue weighted by molar-refractivity contribution is -0.116. The van der Waals surface area contributed by atoms with Crippen LogP contribution in [-0.2, 0) is 11.4 Å². The second-order valence-corrected chi connectivity index (χ2v) is 4.40. The molecule has 2 rings (SSSR count). The maximum atomic E-state index is 11.8. The van der Waals surface area contributed by atoms with Crippen LogP contribution in [-0.4, -0.2) is 23.6 Å². The second kappa shape index (κ2) is 5.80. The molecule has 1 unspecified atom stereocenters. The molecule has 0 aromatic heterocycles. The van der Waals surface area contributed by atoms with Gasteiger partial charge in [0.25, 0.3) is 0 Å². The molecular formula is C13H18N2O2. The summed E-state index contributed by atoms with van der Waals surface area (Å²) in [6.07, 6.45) is 2.74. The third kappa shape index (κ3) is 3.54. The highest BCUT2D eigenvalue weighted by Crippen LogP contribution is 2.13. The maximum Gasteiger partial charge on any atom is 0.225 e. The molecule has 0 aliphatic carbocycles. The summed E-state index contributed by atoms with van der Waals surface area (Å²) >= 11 is 0. The van der Waals surface area contributed by atoms with Crippen molar-refractivity contribution in [3.63, 3.8) is 0 Å². The minimum Gasteiger partial charge on any atom is -0.392 e. The van der Waals surface area contributed by atoms with Crippen LogP contribution in [0.5, 0.6) is 0 Å². The third-order valence-electron chi connectivity index (χ3n) is 2.99. The fourth-order valence-electron chi connectivity index (χ4n) is 2.11. The molecule has 0 bridgehead atoms. The zero-order chi connectivity index (χ0) is 12.1. The van der Waals surface area contributed by atoms with Gasteiger partial charge in [-0.05, 0) is 37.1 Å². The number of hydrogen-bond acceptors (Lipinski definition) is 3. The van der Waals surface area contributed by atoms with E-state index in [4.69, 9.17) is 5.11 Å². The van der Waals surface area contributed by atoms with Crippen LogP contribution in [0.3, 0.4) is 0 Å². The Morgan fingerprint density at radius 3 is 3.12 bits per heavy atom. The summed E-state index contributed by atoms with van der Waals surface area (Å²) in [5, 5.41) is 15.2. The van der Waals surface area contributed by atoms with Gasteiger partial charge < -0.3 is 15.7 Å². The molecule has 0 saturated carbocycles. The van der Waals surface area contributed by atoms with Gasteiger partial charge in [-0.15, -0.1) is 0 Å². The first-order valence-corrected chi connectivity index (χ1v) is 6.01. The van der Waals surface area contributed by atoms with E-state index < -0.39 is 0 Å². The Hall–Kier alpha value is -1.39. The number of carbonyl (C=O) groups excluding carboxylic acids is 1. The summed E-state index contributed by atoms with van der Waals surface area (Å²) in [7, 11) is 0. The minimum absolute atomic E-state index is 0.00606. The molecular weight excluding hydrogens is 216 g/mol. The topological polar surface area (TPSA) is 61.4 Å². The predicted molar refractivity (Wildman–Crippen MR) is 66.6 cm³/mol. The standard InChI is InChI=1S/C13H18N2O2/c16-9-10-3-1-4-12(7-10)15-13(17)8-11-5-2-6-14-11/h1,3-4,7,11,14,16H,2,5-6,8-9H2,(H,15,17). The van der Waals surface area contributed by atoms with Gasteiger partial charge in [-0.2, -0.15) is 0 Å². The maximum absolute atomic E-state index is 11.8. The summed E-state index contributed by atoms with van der Waals surface area (Å²) in [4.78, 5) is 11.8. The van der Waals surface area contributed by atoms with Gasteiger partial charge in [-0.1, -0.05) is 12.1 Å². The van der Waals surface area contributed by atoms with E-state index in [1.807, 2.05) is 18.2 Å². The molecule has 1 aromatic rings. The molecule has 1 aliphatic heterocycles. The summed E-state index contributed by atoms with van der Waals surface area (Å²) in [5.74, 6) is 0.0273. The fourth-order valence-corrected chi connectivity index (χ4v) is 2.11. The Labute approximate surface area is 101 Å². The monoisotopic (exact) mass is 234 g/mol. The number of benzene rings is 1. The zero-order valence-corrected chi connectivity index (χ0v) is 9.78. The highest BCUT2D eigenvalue weighted by molar-refractivity contribution is 5.91. The first-order chi connectivity index (χ1) is 8.28. The number of hydrogen-bond donors (Lipinski definition) is 3. The van der Waals surface area contributed by atoms with E-state index in [0.717, 1.165) is 30.6 Å². The average Bonchev–Trinajstić information content (AvgIpc) is 2.82. The van der Waals surface area contributed by atoms with Crippen molar-refractivity contribution >= 4 is 11.6 Å². The Bertz CT molecular complexity index is 387. The number of rotatable bonds is 4. The molecule has 1 atom stereocenters. The van der Waals surface area contributed by atoms with Gasteiger partial charge in [0, 0.05) is 18.2 Å². The van der Waals surface area contributed by atoms with Gasteiger partial charge in [0.15, 0.2) is 0 Å². The summed E-state index contributed by atoms with van der Waals surface area (Å²) in [6, 6.07) is 7.60. The smallest absolute Gasteiger partial charge is 0.225 e. The summed E-state index contributed by atoms with van der Waals surface area (Å²) in [5.41, 5.74) is 1.56. The third-order valence-corrected chi connectivity index (χ3v) is 2.99. The van der Waals surface area contributed by atoms with E-state index in [0.29, 0.717) is 12.5 Å². The van der Waals surface area contributed by atoms with Gasteiger partial charge in [0.05, 0.1) is 6.61 Å². The molecule has 4 nitrogen and oxygen atoms in total. The van der Waals surface area contributed by atoms with Crippen molar-refractivity contribution in [1.29, 1.82) is 0 Å². The van der Waals surface area contributed by atoms with Crippen LogP contribution in [0.4, 0.5) is 5.69 Å². The van der Waals surface area contributed by atoms with Gasteiger partial charge >= 0.3 is 0 Å². The van der Waals surface area contributed by atoms with Crippen LogP contribution >= 0.6 is 0 Å². The summed E-state index contributed by atoms with van der Waals surface area (Å²) < 4.78 is 0. The molecule has 1 aliphatic rings. The van der Waals surface area contributed by atoms with E-state index in [9.17, 15) is 4.79 Å². The van der Waals surface area contributed by atoms with Crippen LogP contribution in [0.15, 0.2) is 24.3 Å². The number of aliphatic hydroxyl groups is 1. The number of anilines is 1. The number of amides is 1. The predicted octanol–water partition coefficient (Wildman–Crippen LogP) is 1.26. The Balaban J connectivity index is 1.88. The lowest BCUT2D eigenvalue weighted by atomic mass is 10.1. The normalized spacial score (nSPS) is 19.2. The fraction of sp³-hybridized carbons (Fsp3) is 0.462. The zero-order valence-electron chi connectivity index (χ0n) is 9.78. The Kier molecular flexibility index (Phi) is 4.12. The number of carbonyl (C=O) groups is 1. The van der Waals surface area contributed by atoms with Gasteiger partial charge in [-0.3, -0.25) is 4.79 Å². The van der Waals surface area contributed by atoms with Crippen LogP contribution < -0.4 is 10.6 Å². The highest BCUT2D eigenvalue weighted by Gasteiger charge is 2.17. The van der Waals surface area contributed by atoms with Gasteiger partial charge in [0.2, 0.25) is 5.91 Å². The molecule has 1 amide bonds. The van der Waals surface area contributed by atoms with E-state index in [1.54, 1.807) is 6.07 Å². The van der Waals surface area contributed by atoms with Crippen LogP contribution in [0, 0.1) is 0 Å². The minimum atomic E-state index is -0.00606. The molecule has 1 aromatic carbocycles. The molecule has 1 fully saturated rings. The second-order valence-electron chi connectivity index (χ2n) is 4.40. The van der Waals surface area contributed by atoms with E-state index in [1.165, 1.54) is 0 Å². The van der Waals surface area contributed by atoms with Crippen LogP contribution in [0.2, 0.25) is 0 Å². The van der Waals surface area contributed by atoms with Crippen molar-refractivity contribution < 1.29 is 9.90 Å². The van der Waals surface area contributed by atoms with E-state index in [-0.39, 0.29) is 12.5 Å². The number of aliphatic hydroxyl groups excluding tert-OH is 1. The molecule has 17 heavy (non-hydrogen) atoms. The SMILES string of the molecule is O=C(CC1CCCN1)Nc1cccc(CO)c1. The van der Waals surface area contributed by atoms with Crippen molar-refractivity contribution in [3.8, 4) is 0 Å². The largest absolute Gasteiger partial charge is 0.392 e. The molecule has 3 N–H and O–H groups in total. The van der Waals surface area contributed by atoms with Crippen molar-refractivity contribution in [2.45, 2.75) is 31.9 Å². The van der Waals surface area contributed by atoms with Crippen molar-refractivity contribution in [2.24, 2.45) is 0 Å². The molecule has 0 radical (unpaired) electrons. The lowest BCUT2D eigenvalue weighted by Crippen LogP contribution is -2.27. The van der Waals surface area contributed by atoms with Crippen molar-refractivity contribution in [2.75, 3.05) is 11.9 Å². The Morgan fingerprint density at radius 1 is 1.53 bits per heavy atom. The summed E-state index contributed by atoms with van der Waals surface area (Å²) in [6.45, 7) is 1.01. The quantitative estimate of drug-likeness (QED) is 0.735. The molecule has 0 spiro atoms. The van der Waals surface area contributed by atoms with E-state index in [2.05, 4.69) is 10.6 Å². The van der Waals surface area contributed by atoms with Crippen LogP contribution in [0.25, 0.3) is 0 Å². The Morgan fingerprint density at radius 2 is 2.41 bits per heavy atom. The van der Waals surface area contributed by atoms with E-state index >= 15 is 0 Å². The van der Waals surface area contributed by atoms with Crippen LogP contribution in [0.1, 0.15) is 24.8 Å². The average molecular weight is 234 g/mol. The van der Waals surface area contributed by atoms with Crippen molar-refractivity contribution in [1.82, 2.24) is 5.32 Å². The highest BCUT2D eigenvalue weighted by atomic mass is 16.3. The molecule has 92 valence electrons. The lowest BCUT2D eigenvalue weighted by Gasteiger charge is -2.10.